The van der Waals surface area contributed by atoms with Crippen molar-refractivity contribution in [2.45, 2.75) is 44.0 Å². The van der Waals surface area contributed by atoms with Gasteiger partial charge < -0.3 is 9.84 Å². The molecule has 2 nitrogen and oxygen atoms in total. The Balaban J connectivity index is 1.70. The maximum atomic E-state index is 13.5. The van der Waals surface area contributed by atoms with Gasteiger partial charge in [0.15, 0.2) is 0 Å². The van der Waals surface area contributed by atoms with E-state index in [9.17, 15) is 13.9 Å². The molecular formula is C14H16F2O2. The van der Waals surface area contributed by atoms with E-state index in [-0.39, 0.29) is 30.1 Å². The monoisotopic (exact) mass is 254 g/mol. The molecule has 0 amide bonds. The van der Waals surface area contributed by atoms with Gasteiger partial charge in [-0.05, 0) is 43.0 Å². The lowest BCUT2D eigenvalue weighted by atomic mass is 9.83. The third-order valence-corrected chi connectivity index (χ3v) is 4.08. The van der Waals surface area contributed by atoms with Crippen molar-refractivity contribution in [3.63, 3.8) is 0 Å². The second-order valence-corrected chi connectivity index (χ2v) is 5.28. The summed E-state index contributed by atoms with van der Waals surface area (Å²) in [5, 5.41) is 10.2. The van der Waals surface area contributed by atoms with Gasteiger partial charge in [-0.15, -0.1) is 0 Å². The van der Waals surface area contributed by atoms with Crippen molar-refractivity contribution in [2.75, 3.05) is 0 Å². The van der Waals surface area contributed by atoms with Crippen LogP contribution in [0.4, 0.5) is 8.78 Å². The summed E-state index contributed by atoms with van der Waals surface area (Å²) in [6.45, 7) is 0. The molecule has 0 aromatic heterocycles. The largest absolute Gasteiger partial charge is 0.392 e. The Bertz CT molecular complexity index is 449. The highest BCUT2D eigenvalue weighted by molar-refractivity contribution is 5.20. The maximum absolute atomic E-state index is 13.5. The van der Waals surface area contributed by atoms with Crippen molar-refractivity contribution in [2.24, 2.45) is 5.92 Å². The van der Waals surface area contributed by atoms with Gasteiger partial charge in [-0.1, -0.05) is 0 Å². The molecule has 0 aliphatic carbocycles. The van der Waals surface area contributed by atoms with Crippen molar-refractivity contribution >= 4 is 0 Å². The highest BCUT2D eigenvalue weighted by Gasteiger charge is 2.43. The third kappa shape index (κ3) is 2.15. The SMILES string of the molecule is OC(Cc1cc(F)ccc1F)C1CC2CCC1O2. The van der Waals surface area contributed by atoms with E-state index in [0.717, 1.165) is 37.5 Å². The van der Waals surface area contributed by atoms with Gasteiger partial charge in [-0.3, -0.25) is 0 Å². The van der Waals surface area contributed by atoms with Gasteiger partial charge >= 0.3 is 0 Å². The number of hydrogen-bond donors (Lipinski definition) is 1. The molecule has 98 valence electrons. The fourth-order valence-corrected chi connectivity index (χ4v) is 3.16. The summed E-state index contributed by atoms with van der Waals surface area (Å²) in [7, 11) is 0. The highest BCUT2D eigenvalue weighted by Crippen LogP contribution is 2.41. The van der Waals surface area contributed by atoms with E-state index in [1.807, 2.05) is 0 Å². The molecule has 18 heavy (non-hydrogen) atoms. The Morgan fingerprint density at radius 1 is 1.33 bits per heavy atom. The molecule has 1 aromatic rings. The van der Waals surface area contributed by atoms with E-state index in [0.29, 0.717) is 0 Å². The molecular weight excluding hydrogens is 238 g/mol. The second kappa shape index (κ2) is 4.59. The van der Waals surface area contributed by atoms with Crippen LogP contribution in [0.1, 0.15) is 24.8 Å². The van der Waals surface area contributed by atoms with Crippen LogP contribution in [0.25, 0.3) is 0 Å². The summed E-state index contributed by atoms with van der Waals surface area (Å²) in [6.07, 6.45) is 2.72. The zero-order valence-electron chi connectivity index (χ0n) is 9.98. The van der Waals surface area contributed by atoms with Gasteiger partial charge in [0.2, 0.25) is 0 Å². The molecule has 2 bridgehead atoms. The van der Waals surface area contributed by atoms with Crippen LogP contribution >= 0.6 is 0 Å². The topological polar surface area (TPSA) is 29.5 Å². The van der Waals surface area contributed by atoms with Crippen molar-refractivity contribution in [3.8, 4) is 0 Å². The zero-order chi connectivity index (χ0) is 12.7. The average molecular weight is 254 g/mol. The molecule has 0 spiro atoms. The molecule has 1 N–H and O–H groups in total. The molecule has 2 saturated heterocycles. The van der Waals surface area contributed by atoms with Crippen LogP contribution < -0.4 is 0 Å². The molecule has 0 radical (unpaired) electrons. The van der Waals surface area contributed by atoms with E-state index in [4.69, 9.17) is 4.74 Å². The Kier molecular flexibility index (Phi) is 3.08. The molecule has 4 heteroatoms. The lowest BCUT2D eigenvalue weighted by molar-refractivity contribution is 0.0428. The highest BCUT2D eigenvalue weighted by atomic mass is 19.1. The van der Waals surface area contributed by atoms with Gasteiger partial charge in [-0.2, -0.15) is 0 Å². The fraction of sp³-hybridized carbons (Fsp3) is 0.571. The third-order valence-electron chi connectivity index (χ3n) is 4.08. The summed E-state index contributed by atoms with van der Waals surface area (Å²) < 4.78 is 32.2. The smallest absolute Gasteiger partial charge is 0.126 e. The van der Waals surface area contributed by atoms with Crippen LogP contribution in [0.15, 0.2) is 18.2 Å². The Morgan fingerprint density at radius 3 is 2.83 bits per heavy atom. The first-order chi connectivity index (χ1) is 8.63. The molecule has 2 fully saturated rings. The summed E-state index contributed by atoms with van der Waals surface area (Å²) in [6, 6.07) is 3.35. The summed E-state index contributed by atoms with van der Waals surface area (Å²) in [5.74, 6) is -0.867. The minimum absolute atomic E-state index is 0.0615. The van der Waals surface area contributed by atoms with E-state index in [1.54, 1.807) is 0 Å². The van der Waals surface area contributed by atoms with Gasteiger partial charge in [0, 0.05) is 12.3 Å². The zero-order valence-corrected chi connectivity index (χ0v) is 9.98. The van der Waals surface area contributed by atoms with Crippen LogP contribution in [0.2, 0.25) is 0 Å². The number of ether oxygens (including phenoxy) is 1. The Morgan fingerprint density at radius 2 is 2.17 bits per heavy atom. The predicted octanol–water partition coefficient (Wildman–Crippen LogP) is 2.44. The Hall–Kier alpha value is -1.00. The Labute approximate surface area is 105 Å². The predicted molar refractivity (Wildman–Crippen MR) is 62.1 cm³/mol. The van der Waals surface area contributed by atoms with Crippen molar-refractivity contribution in [1.82, 2.24) is 0 Å². The van der Waals surface area contributed by atoms with Crippen LogP contribution in [0.5, 0.6) is 0 Å². The van der Waals surface area contributed by atoms with Crippen LogP contribution in [-0.2, 0) is 11.2 Å². The normalized spacial score (nSPS) is 31.8. The summed E-state index contributed by atoms with van der Waals surface area (Å²) >= 11 is 0. The fourth-order valence-electron chi connectivity index (χ4n) is 3.16. The van der Waals surface area contributed by atoms with E-state index in [2.05, 4.69) is 0 Å². The molecule has 4 unspecified atom stereocenters. The van der Waals surface area contributed by atoms with E-state index in [1.165, 1.54) is 0 Å². The average Bonchev–Trinajstić information content (AvgIpc) is 2.96. The van der Waals surface area contributed by atoms with Crippen LogP contribution in [0.3, 0.4) is 0 Å². The molecule has 1 aromatic carbocycles. The van der Waals surface area contributed by atoms with E-state index >= 15 is 0 Å². The van der Waals surface area contributed by atoms with Crippen molar-refractivity contribution in [3.05, 3.63) is 35.4 Å². The number of rotatable bonds is 3. The molecule has 4 atom stereocenters. The quantitative estimate of drug-likeness (QED) is 0.897. The van der Waals surface area contributed by atoms with Gasteiger partial charge in [-0.25, -0.2) is 8.78 Å². The first-order valence-electron chi connectivity index (χ1n) is 6.41. The molecule has 2 heterocycles. The number of aliphatic hydroxyl groups excluding tert-OH is 1. The van der Waals surface area contributed by atoms with E-state index < -0.39 is 17.7 Å². The second-order valence-electron chi connectivity index (χ2n) is 5.28. The lowest BCUT2D eigenvalue weighted by Gasteiger charge is -2.24. The molecule has 0 saturated carbocycles. The number of hydrogen-bond acceptors (Lipinski definition) is 2. The summed E-state index contributed by atoms with van der Waals surface area (Å²) in [5.41, 5.74) is 0.241. The first-order valence-corrected chi connectivity index (χ1v) is 6.41. The lowest BCUT2D eigenvalue weighted by Crippen LogP contribution is -2.31. The molecule has 2 aliphatic heterocycles. The number of aliphatic hydroxyl groups is 1. The standard InChI is InChI=1S/C14H16F2O2/c15-9-1-3-12(16)8(5-9)6-13(17)11-7-10-2-4-14(11)18-10/h1,3,5,10-11,13-14,17H,2,4,6-7H2. The van der Waals surface area contributed by atoms with Gasteiger partial charge in [0.25, 0.3) is 0 Å². The molecule has 3 rings (SSSR count). The number of benzene rings is 1. The number of fused-ring (bicyclic) bond motifs is 2. The van der Waals surface area contributed by atoms with Crippen LogP contribution in [0, 0.1) is 17.6 Å². The minimum atomic E-state index is -0.656. The van der Waals surface area contributed by atoms with Gasteiger partial charge in [0.1, 0.15) is 11.6 Å². The molecule has 2 aliphatic rings. The van der Waals surface area contributed by atoms with Crippen molar-refractivity contribution in [1.29, 1.82) is 0 Å². The minimum Gasteiger partial charge on any atom is -0.392 e. The maximum Gasteiger partial charge on any atom is 0.126 e. The van der Waals surface area contributed by atoms with Crippen molar-refractivity contribution < 1.29 is 18.6 Å². The summed E-state index contributed by atoms with van der Waals surface area (Å²) in [4.78, 5) is 0. The number of halogens is 2. The first kappa shape index (κ1) is 12.1. The van der Waals surface area contributed by atoms with Crippen LogP contribution in [-0.4, -0.2) is 23.4 Å². The van der Waals surface area contributed by atoms with Gasteiger partial charge in [0.05, 0.1) is 18.3 Å².